The molecule has 0 atom stereocenters. The highest BCUT2D eigenvalue weighted by molar-refractivity contribution is 7.89. The second-order valence-electron chi connectivity index (χ2n) is 3.65. The van der Waals surface area contributed by atoms with Gasteiger partial charge < -0.3 is 10.5 Å². The van der Waals surface area contributed by atoms with Crippen LogP contribution in [0, 0.1) is 0 Å². The number of aliphatic hydroxyl groups is 1. The monoisotopic (exact) mass is 274 g/mol. The molecule has 0 aliphatic heterocycles. The lowest BCUT2D eigenvalue weighted by Gasteiger charge is -2.20. The summed E-state index contributed by atoms with van der Waals surface area (Å²) >= 11 is 0. The number of sulfonamides is 1. The van der Waals surface area contributed by atoms with E-state index in [0.717, 1.165) is 0 Å². The van der Waals surface area contributed by atoms with E-state index in [1.807, 2.05) is 6.92 Å². The minimum absolute atomic E-state index is 0.0733. The highest BCUT2D eigenvalue weighted by atomic mass is 32.2. The molecule has 1 aromatic rings. The molecule has 1 heterocycles. The average molecular weight is 274 g/mol. The van der Waals surface area contributed by atoms with Gasteiger partial charge in [0.05, 0.1) is 11.5 Å². The second-order valence-corrected chi connectivity index (χ2v) is 5.59. The Balaban J connectivity index is 3.08. The van der Waals surface area contributed by atoms with Gasteiger partial charge in [-0.05, 0) is 12.5 Å². The topological polar surface area (TPSA) is 109 Å². The maximum Gasteiger partial charge on any atom is 0.243 e. The third kappa shape index (κ3) is 3.39. The number of aliphatic hydroxyl groups excluding tert-OH is 1. The standard InChI is InChI=1S/C10H18N4O3S/c1-2-5-14(6-7-15)18(16,17)9-3-4-12-10(8-9)13-11/h3-4,8,15H,2,5-7,11H2,1H3,(H,12,13). The molecule has 18 heavy (non-hydrogen) atoms. The predicted octanol–water partition coefficient (Wildman–Crippen LogP) is -0.240. The van der Waals surface area contributed by atoms with Crippen LogP contribution >= 0.6 is 0 Å². The summed E-state index contributed by atoms with van der Waals surface area (Å²) in [4.78, 5) is 3.96. The fourth-order valence-electron chi connectivity index (χ4n) is 1.51. The van der Waals surface area contributed by atoms with E-state index in [0.29, 0.717) is 13.0 Å². The molecular formula is C10H18N4O3S. The zero-order valence-corrected chi connectivity index (χ0v) is 11.0. The molecule has 0 unspecified atom stereocenters. The number of nitrogen functional groups attached to an aromatic ring is 1. The summed E-state index contributed by atoms with van der Waals surface area (Å²) in [7, 11) is -3.62. The summed E-state index contributed by atoms with van der Waals surface area (Å²) in [6, 6.07) is 2.76. The summed E-state index contributed by atoms with van der Waals surface area (Å²) in [5.41, 5.74) is 2.30. The van der Waals surface area contributed by atoms with Gasteiger partial charge in [0.15, 0.2) is 0 Å². The quantitative estimate of drug-likeness (QED) is 0.468. The molecule has 0 bridgehead atoms. The molecule has 8 heteroatoms. The van der Waals surface area contributed by atoms with Crippen LogP contribution in [-0.2, 0) is 10.0 Å². The van der Waals surface area contributed by atoms with Gasteiger partial charge in [-0.1, -0.05) is 6.92 Å². The molecule has 0 amide bonds. The van der Waals surface area contributed by atoms with E-state index in [1.165, 1.54) is 22.6 Å². The molecule has 1 aromatic heterocycles. The first-order valence-electron chi connectivity index (χ1n) is 5.60. The summed E-state index contributed by atoms with van der Waals surface area (Å²) in [6.45, 7) is 2.09. The van der Waals surface area contributed by atoms with Crippen LogP contribution in [0.4, 0.5) is 5.82 Å². The third-order valence-electron chi connectivity index (χ3n) is 2.34. The summed E-state index contributed by atoms with van der Waals surface area (Å²) in [5.74, 6) is 5.47. The van der Waals surface area contributed by atoms with Gasteiger partial charge >= 0.3 is 0 Å². The highest BCUT2D eigenvalue weighted by Gasteiger charge is 2.23. The van der Waals surface area contributed by atoms with Crippen LogP contribution in [0.15, 0.2) is 23.2 Å². The Bertz CT molecular complexity index is 472. The number of hydrogen-bond donors (Lipinski definition) is 3. The fourth-order valence-corrected chi connectivity index (χ4v) is 3.05. The van der Waals surface area contributed by atoms with Crippen LogP contribution in [0.25, 0.3) is 0 Å². The molecule has 0 saturated heterocycles. The maximum absolute atomic E-state index is 12.3. The average Bonchev–Trinajstić information content (AvgIpc) is 2.38. The Labute approximate surface area is 107 Å². The number of rotatable bonds is 7. The zero-order valence-electron chi connectivity index (χ0n) is 10.2. The van der Waals surface area contributed by atoms with Crippen LogP contribution < -0.4 is 11.3 Å². The minimum atomic E-state index is -3.62. The molecule has 0 spiro atoms. The van der Waals surface area contributed by atoms with Gasteiger partial charge in [0.2, 0.25) is 10.0 Å². The lowest BCUT2D eigenvalue weighted by molar-refractivity contribution is 0.253. The number of anilines is 1. The van der Waals surface area contributed by atoms with Gasteiger partial charge in [-0.2, -0.15) is 4.31 Å². The minimum Gasteiger partial charge on any atom is -0.395 e. The number of nitrogens with one attached hydrogen (secondary N) is 1. The number of hydrogen-bond acceptors (Lipinski definition) is 6. The summed E-state index contributed by atoms with van der Waals surface area (Å²) < 4.78 is 25.8. The van der Waals surface area contributed by atoms with E-state index in [1.54, 1.807) is 0 Å². The van der Waals surface area contributed by atoms with Crippen molar-refractivity contribution < 1.29 is 13.5 Å². The van der Waals surface area contributed by atoms with Gasteiger partial charge in [-0.15, -0.1) is 0 Å². The van der Waals surface area contributed by atoms with Gasteiger partial charge in [0, 0.05) is 25.4 Å². The van der Waals surface area contributed by atoms with Crippen molar-refractivity contribution in [3.05, 3.63) is 18.3 Å². The maximum atomic E-state index is 12.3. The van der Waals surface area contributed by atoms with Crippen molar-refractivity contribution in [1.29, 1.82) is 0 Å². The molecule has 7 nitrogen and oxygen atoms in total. The lowest BCUT2D eigenvalue weighted by Crippen LogP contribution is -2.34. The lowest BCUT2D eigenvalue weighted by atomic mass is 10.5. The smallest absolute Gasteiger partial charge is 0.243 e. The first-order chi connectivity index (χ1) is 8.56. The van der Waals surface area contributed by atoms with Crippen LogP contribution in [0.2, 0.25) is 0 Å². The van der Waals surface area contributed by atoms with E-state index in [4.69, 9.17) is 10.9 Å². The van der Waals surface area contributed by atoms with Crippen LogP contribution in [0.5, 0.6) is 0 Å². The highest BCUT2D eigenvalue weighted by Crippen LogP contribution is 2.17. The van der Waals surface area contributed by atoms with E-state index in [9.17, 15) is 8.42 Å². The summed E-state index contributed by atoms with van der Waals surface area (Å²) in [6.07, 6.45) is 2.04. The van der Waals surface area contributed by atoms with Crippen molar-refractivity contribution in [3.63, 3.8) is 0 Å². The normalized spacial score (nSPS) is 11.8. The fraction of sp³-hybridized carbons (Fsp3) is 0.500. The molecule has 1 rings (SSSR count). The molecule has 4 N–H and O–H groups in total. The van der Waals surface area contributed by atoms with Crippen molar-refractivity contribution in [2.45, 2.75) is 18.2 Å². The Morgan fingerprint density at radius 3 is 2.78 bits per heavy atom. The van der Waals surface area contributed by atoms with Crippen LogP contribution in [0.3, 0.4) is 0 Å². The number of aromatic nitrogens is 1. The third-order valence-corrected chi connectivity index (χ3v) is 4.23. The van der Waals surface area contributed by atoms with E-state index >= 15 is 0 Å². The SMILES string of the molecule is CCCN(CCO)S(=O)(=O)c1ccnc(NN)c1. The molecule has 0 aliphatic rings. The largest absolute Gasteiger partial charge is 0.395 e. The number of nitrogens with two attached hydrogens (primary N) is 1. The predicted molar refractivity (Wildman–Crippen MR) is 68.2 cm³/mol. The number of hydrazine groups is 1. The molecule has 0 aromatic carbocycles. The molecular weight excluding hydrogens is 256 g/mol. The molecule has 0 fully saturated rings. The molecule has 0 saturated carbocycles. The van der Waals surface area contributed by atoms with Crippen molar-refractivity contribution in [2.24, 2.45) is 5.84 Å². The van der Waals surface area contributed by atoms with Crippen LogP contribution in [-0.4, -0.2) is 42.5 Å². The van der Waals surface area contributed by atoms with Gasteiger partial charge in [0.1, 0.15) is 5.82 Å². The molecule has 0 aliphatic carbocycles. The second kappa shape index (κ2) is 6.64. The van der Waals surface area contributed by atoms with Gasteiger partial charge in [0.25, 0.3) is 0 Å². The van der Waals surface area contributed by atoms with Crippen molar-refractivity contribution >= 4 is 15.8 Å². The zero-order chi connectivity index (χ0) is 13.6. The Morgan fingerprint density at radius 2 is 2.22 bits per heavy atom. The van der Waals surface area contributed by atoms with Crippen molar-refractivity contribution in [1.82, 2.24) is 9.29 Å². The first kappa shape index (κ1) is 14.8. The van der Waals surface area contributed by atoms with Gasteiger partial charge in [-0.25, -0.2) is 19.2 Å². The van der Waals surface area contributed by atoms with Crippen LogP contribution in [0.1, 0.15) is 13.3 Å². The molecule has 0 radical (unpaired) electrons. The van der Waals surface area contributed by atoms with Crippen molar-refractivity contribution in [3.8, 4) is 0 Å². The number of nitrogens with zero attached hydrogens (tertiary/aromatic N) is 2. The Kier molecular flexibility index (Phi) is 5.48. The molecule has 102 valence electrons. The van der Waals surface area contributed by atoms with Gasteiger partial charge in [-0.3, -0.25) is 0 Å². The number of pyridine rings is 1. The summed E-state index contributed by atoms with van der Waals surface area (Å²) in [5, 5.41) is 8.92. The first-order valence-corrected chi connectivity index (χ1v) is 7.04. The van der Waals surface area contributed by atoms with E-state index in [-0.39, 0.29) is 23.9 Å². The van der Waals surface area contributed by atoms with E-state index < -0.39 is 10.0 Å². The Morgan fingerprint density at radius 1 is 1.50 bits per heavy atom. The van der Waals surface area contributed by atoms with Crippen molar-refractivity contribution in [2.75, 3.05) is 25.1 Å². The Hall–Kier alpha value is -1.22. The van der Waals surface area contributed by atoms with E-state index in [2.05, 4.69) is 10.4 Å².